The molecule has 3 amide bonds. The molecular weight excluding hydrogens is 412 g/mol. The van der Waals surface area contributed by atoms with Crippen molar-refractivity contribution in [3.05, 3.63) is 54.1 Å². The molecule has 172 valence electrons. The molecule has 32 heavy (non-hydrogen) atoms. The zero-order valence-electron chi connectivity index (χ0n) is 18.6. The number of benzene rings is 2. The van der Waals surface area contributed by atoms with Crippen LogP contribution in [0.25, 0.3) is 11.1 Å². The van der Waals surface area contributed by atoms with Crippen molar-refractivity contribution in [2.75, 3.05) is 18.9 Å². The first-order valence-corrected chi connectivity index (χ1v) is 10.3. The average Bonchev–Trinajstić information content (AvgIpc) is 2.77. The number of amides is 3. The molecule has 0 aromatic heterocycles. The quantitative estimate of drug-likeness (QED) is 0.296. The van der Waals surface area contributed by atoms with Crippen LogP contribution in [0.4, 0.5) is 5.69 Å². The van der Waals surface area contributed by atoms with E-state index in [9.17, 15) is 19.5 Å². The van der Waals surface area contributed by atoms with E-state index in [0.29, 0.717) is 17.8 Å². The summed E-state index contributed by atoms with van der Waals surface area (Å²) in [6.45, 7) is 5.68. The maximum Gasteiger partial charge on any atom is 0.268 e. The van der Waals surface area contributed by atoms with Crippen LogP contribution in [0.2, 0.25) is 0 Å². The lowest BCUT2D eigenvalue weighted by Gasteiger charge is -2.20. The van der Waals surface area contributed by atoms with Crippen LogP contribution in [-0.4, -0.2) is 64.7 Å². The molecule has 0 radical (unpaired) electrons. The molecule has 9 nitrogen and oxygen atoms in total. The molecule has 0 aliphatic heterocycles. The number of rotatable bonds is 9. The van der Waals surface area contributed by atoms with E-state index >= 15 is 0 Å². The fourth-order valence-electron chi connectivity index (χ4n) is 2.87. The Morgan fingerprint density at radius 3 is 1.94 bits per heavy atom. The van der Waals surface area contributed by atoms with E-state index in [4.69, 9.17) is 5.21 Å². The van der Waals surface area contributed by atoms with Gasteiger partial charge in [-0.25, -0.2) is 5.48 Å². The van der Waals surface area contributed by atoms with Gasteiger partial charge in [-0.1, -0.05) is 24.3 Å². The van der Waals surface area contributed by atoms with Crippen molar-refractivity contribution in [3.63, 3.8) is 0 Å². The van der Waals surface area contributed by atoms with Crippen molar-refractivity contribution in [2.45, 2.75) is 39.0 Å². The third kappa shape index (κ3) is 6.88. The molecule has 0 unspecified atom stereocenters. The van der Waals surface area contributed by atoms with Crippen LogP contribution >= 0.6 is 0 Å². The Balaban J connectivity index is 2.02. The summed E-state index contributed by atoms with van der Waals surface area (Å²) in [6.07, 6.45) is -1.19. The normalized spacial score (nSPS) is 12.9. The van der Waals surface area contributed by atoms with E-state index in [-0.39, 0.29) is 11.9 Å². The van der Waals surface area contributed by atoms with E-state index in [2.05, 4.69) is 10.6 Å². The molecule has 0 saturated carbocycles. The molecule has 0 heterocycles. The largest absolute Gasteiger partial charge is 0.391 e. The van der Waals surface area contributed by atoms with E-state index in [1.165, 1.54) is 12.4 Å². The second-order valence-electron chi connectivity index (χ2n) is 7.88. The molecule has 0 aliphatic rings. The first kappa shape index (κ1) is 25.0. The maximum absolute atomic E-state index is 12.4. The molecule has 0 fully saturated rings. The molecule has 2 rings (SSSR count). The van der Waals surface area contributed by atoms with Crippen molar-refractivity contribution in [1.29, 1.82) is 0 Å². The van der Waals surface area contributed by atoms with Gasteiger partial charge in [-0.3, -0.25) is 24.5 Å². The second-order valence-corrected chi connectivity index (χ2v) is 7.88. The Bertz CT molecular complexity index is 926. The van der Waals surface area contributed by atoms with Crippen LogP contribution in [0.5, 0.6) is 0 Å². The Morgan fingerprint density at radius 2 is 1.47 bits per heavy atom. The third-order valence-electron chi connectivity index (χ3n) is 5.09. The van der Waals surface area contributed by atoms with Gasteiger partial charge in [0.05, 0.1) is 12.6 Å². The zero-order valence-corrected chi connectivity index (χ0v) is 18.6. The molecular formula is C23H30N4O5. The number of aliphatic hydroxyl groups is 1. The highest BCUT2D eigenvalue weighted by Gasteiger charge is 2.25. The molecule has 9 heteroatoms. The number of hydrogen-bond acceptors (Lipinski definition) is 6. The van der Waals surface area contributed by atoms with Crippen LogP contribution in [0.15, 0.2) is 48.5 Å². The minimum atomic E-state index is -1.28. The summed E-state index contributed by atoms with van der Waals surface area (Å²) < 4.78 is 0. The van der Waals surface area contributed by atoms with E-state index in [1.807, 2.05) is 50.1 Å². The van der Waals surface area contributed by atoms with E-state index < -0.39 is 24.0 Å². The number of carbonyl (C=O) groups is 3. The Hall–Kier alpha value is -3.27. The van der Waals surface area contributed by atoms with Gasteiger partial charge in [-0.15, -0.1) is 0 Å². The summed E-state index contributed by atoms with van der Waals surface area (Å²) in [5, 5.41) is 23.6. The van der Waals surface area contributed by atoms with Crippen LogP contribution < -0.4 is 16.1 Å². The van der Waals surface area contributed by atoms with Crippen LogP contribution in [0.3, 0.4) is 0 Å². The van der Waals surface area contributed by atoms with Gasteiger partial charge >= 0.3 is 0 Å². The lowest BCUT2D eigenvalue weighted by atomic mass is 10.0. The summed E-state index contributed by atoms with van der Waals surface area (Å²) in [7, 11) is 1.89. The highest BCUT2D eigenvalue weighted by atomic mass is 16.5. The standard InChI is InChI=1S/C23H30N4O5/c1-14(2)27(4)13-20(29)24-19-11-9-17(10-12-19)16-5-7-18(8-6-16)22(30)25-21(15(3)28)23(31)26-32/h5-12,14-15,21,28,32H,13H2,1-4H3,(H,24,29)(H,25,30)(H,26,31)/t15-,21+/m1/s1. The number of hydroxylamine groups is 1. The topological polar surface area (TPSA) is 131 Å². The lowest BCUT2D eigenvalue weighted by Crippen LogP contribution is -2.51. The molecule has 0 bridgehead atoms. The van der Waals surface area contributed by atoms with E-state index in [0.717, 1.165) is 11.1 Å². The summed E-state index contributed by atoms with van der Waals surface area (Å²) in [5.74, 6) is -1.56. The van der Waals surface area contributed by atoms with Gasteiger partial charge in [0.25, 0.3) is 11.8 Å². The van der Waals surface area contributed by atoms with Gasteiger partial charge in [0.15, 0.2) is 0 Å². The minimum Gasteiger partial charge on any atom is -0.391 e. The van der Waals surface area contributed by atoms with Gasteiger partial charge in [0, 0.05) is 17.3 Å². The van der Waals surface area contributed by atoms with Crippen molar-refractivity contribution in [1.82, 2.24) is 15.7 Å². The van der Waals surface area contributed by atoms with Gasteiger partial charge in [0.2, 0.25) is 5.91 Å². The zero-order chi connectivity index (χ0) is 23.8. The molecule has 0 saturated heterocycles. The Morgan fingerprint density at radius 1 is 0.938 bits per heavy atom. The number of carbonyl (C=O) groups excluding carboxylic acids is 3. The van der Waals surface area contributed by atoms with E-state index in [1.54, 1.807) is 24.3 Å². The van der Waals surface area contributed by atoms with Crippen molar-refractivity contribution in [3.8, 4) is 11.1 Å². The highest BCUT2D eigenvalue weighted by molar-refractivity contribution is 5.98. The molecule has 0 aliphatic carbocycles. The predicted octanol–water partition coefficient (Wildman–Crippen LogP) is 1.62. The number of nitrogens with zero attached hydrogens (tertiary/aromatic N) is 1. The van der Waals surface area contributed by atoms with Crippen molar-refractivity contribution in [2.24, 2.45) is 0 Å². The van der Waals surface area contributed by atoms with Gasteiger partial charge in [0.1, 0.15) is 6.04 Å². The summed E-state index contributed by atoms with van der Waals surface area (Å²) in [5.41, 5.74) is 4.17. The number of likely N-dealkylation sites (N-methyl/N-ethyl adjacent to an activating group) is 1. The Kier molecular flexibility index (Phi) is 8.89. The number of anilines is 1. The predicted molar refractivity (Wildman–Crippen MR) is 121 cm³/mol. The SMILES string of the molecule is CC(C)N(C)CC(=O)Nc1ccc(-c2ccc(C(=O)N[C@H](C(=O)NO)[C@@H](C)O)cc2)cc1. The monoisotopic (exact) mass is 442 g/mol. The van der Waals surface area contributed by atoms with Gasteiger partial charge < -0.3 is 15.7 Å². The number of hydrogen-bond donors (Lipinski definition) is 5. The molecule has 2 aromatic carbocycles. The first-order valence-electron chi connectivity index (χ1n) is 10.3. The van der Waals surface area contributed by atoms with Crippen LogP contribution in [0.1, 0.15) is 31.1 Å². The van der Waals surface area contributed by atoms with Gasteiger partial charge in [-0.05, 0) is 63.2 Å². The van der Waals surface area contributed by atoms with Crippen LogP contribution in [0, 0.1) is 0 Å². The van der Waals surface area contributed by atoms with Gasteiger partial charge in [-0.2, -0.15) is 0 Å². The fourth-order valence-corrected chi connectivity index (χ4v) is 2.87. The number of nitrogens with one attached hydrogen (secondary N) is 3. The molecule has 5 N–H and O–H groups in total. The molecule has 2 atom stereocenters. The van der Waals surface area contributed by atoms with Crippen molar-refractivity contribution < 1.29 is 24.7 Å². The smallest absolute Gasteiger partial charge is 0.268 e. The molecule has 0 spiro atoms. The summed E-state index contributed by atoms with van der Waals surface area (Å²) in [6, 6.07) is 13.0. The van der Waals surface area contributed by atoms with Crippen molar-refractivity contribution >= 4 is 23.4 Å². The van der Waals surface area contributed by atoms with Crippen LogP contribution in [-0.2, 0) is 9.59 Å². The molecule has 2 aromatic rings. The second kappa shape index (κ2) is 11.4. The number of aliphatic hydroxyl groups excluding tert-OH is 1. The lowest BCUT2D eigenvalue weighted by molar-refractivity contribution is -0.133. The highest BCUT2D eigenvalue weighted by Crippen LogP contribution is 2.22. The summed E-state index contributed by atoms with van der Waals surface area (Å²) >= 11 is 0. The third-order valence-corrected chi connectivity index (χ3v) is 5.09. The first-order chi connectivity index (χ1) is 15.1. The Labute approximate surface area is 187 Å². The maximum atomic E-state index is 12.4. The summed E-state index contributed by atoms with van der Waals surface area (Å²) in [4.78, 5) is 38.0. The minimum absolute atomic E-state index is 0.0882. The average molecular weight is 443 g/mol. The fraction of sp³-hybridized carbons (Fsp3) is 0.348.